The lowest BCUT2D eigenvalue weighted by molar-refractivity contribution is 0.0496. The van der Waals surface area contributed by atoms with Crippen LogP contribution in [0, 0.1) is 9.49 Å². The van der Waals surface area contributed by atoms with Crippen molar-refractivity contribution in [2.75, 3.05) is 13.7 Å². The number of rotatable bonds is 9. The minimum absolute atomic E-state index is 0.299. The fourth-order valence-corrected chi connectivity index (χ4v) is 3.39. The van der Waals surface area contributed by atoms with E-state index in [0.717, 1.165) is 33.1 Å². The van der Waals surface area contributed by atoms with Gasteiger partial charge < -0.3 is 9.47 Å². The van der Waals surface area contributed by atoms with Crippen molar-refractivity contribution in [1.29, 1.82) is 0 Å². The number of fused-ring (bicyclic) bond motifs is 1. The molecule has 0 atom stereocenters. The van der Waals surface area contributed by atoms with Crippen molar-refractivity contribution in [2.45, 2.75) is 46.0 Å². The molecule has 0 saturated carbocycles. The maximum absolute atomic E-state index is 12.6. The molecular formula is C21H27IO3. The molecule has 0 bridgehead atoms. The van der Waals surface area contributed by atoms with Gasteiger partial charge in [-0.1, -0.05) is 51.7 Å². The highest BCUT2D eigenvalue weighted by molar-refractivity contribution is 14.1. The molecule has 0 N–H and O–H groups in total. The highest BCUT2D eigenvalue weighted by Crippen LogP contribution is 2.30. The molecule has 0 saturated heterocycles. The minimum Gasteiger partial charge on any atom is -0.496 e. The first-order valence-corrected chi connectivity index (χ1v) is 10.0. The third-order valence-corrected chi connectivity index (χ3v) is 4.95. The largest absolute Gasteiger partial charge is 0.496 e. The Morgan fingerprint density at radius 3 is 2.52 bits per heavy atom. The van der Waals surface area contributed by atoms with Crippen LogP contribution in [0.25, 0.3) is 10.8 Å². The monoisotopic (exact) mass is 454 g/mol. The van der Waals surface area contributed by atoms with E-state index in [-0.39, 0.29) is 5.97 Å². The van der Waals surface area contributed by atoms with E-state index in [2.05, 4.69) is 36.4 Å². The van der Waals surface area contributed by atoms with Gasteiger partial charge in [-0.3, -0.25) is 0 Å². The highest BCUT2D eigenvalue weighted by atomic mass is 127. The smallest absolute Gasteiger partial charge is 0.342 e. The van der Waals surface area contributed by atoms with Gasteiger partial charge in [0.05, 0.1) is 13.7 Å². The lowest BCUT2D eigenvalue weighted by atomic mass is 10.0. The van der Waals surface area contributed by atoms with Crippen molar-refractivity contribution in [2.24, 2.45) is 5.92 Å². The number of benzene rings is 2. The first-order chi connectivity index (χ1) is 12.0. The van der Waals surface area contributed by atoms with Crippen molar-refractivity contribution in [3.8, 4) is 5.75 Å². The van der Waals surface area contributed by atoms with Gasteiger partial charge in [-0.25, -0.2) is 4.79 Å². The quantitative estimate of drug-likeness (QED) is 0.257. The second-order valence-corrected chi connectivity index (χ2v) is 7.99. The number of methoxy groups -OCH3 is 1. The predicted octanol–water partition coefficient (Wildman–Crippen LogP) is 6.22. The van der Waals surface area contributed by atoms with Gasteiger partial charge in [0.15, 0.2) is 0 Å². The lowest BCUT2D eigenvalue weighted by Crippen LogP contribution is -2.09. The predicted molar refractivity (Wildman–Crippen MR) is 111 cm³/mol. The second-order valence-electron chi connectivity index (χ2n) is 6.74. The summed E-state index contributed by atoms with van der Waals surface area (Å²) in [6.07, 6.45) is 5.73. The molecule has 0 amide bonds. The first kappa shape index (κ1) is 20.0. The molecule has 136 valence electrons. The molecule has 2 aromatic carbocycles. The van der Waals surface area contributed by atoms with Crippen molar-refractivity contribution >= 4 is 39.3 Å². The highest BCUT2D eigenvalue weighted by Gasteiger charge is 2.18. The standard InChI is InChI=1S/C21H27IO3/c1-15(2)8-6-4-5-7-13-25-21(23)20-18-14-17(22)11-9-16(18)10-12-19(20)24-3/h9-12,14-15H,4-8,13H2,1-3H3. The molecule has 3 nitrogen and oxygen atoms in total. The van der Waals surface area contributed by atoms with Gasteiger partial charge in [0.25, 0.3) is 0 Å². The summed E-state index contributed by atoms with van der Waals surface area (Å²) < 4.78 is 12.0. The van der Waals surface area contributed by atoms with Crippen molar-refractivity contribution < 1.29 is 14.3 Å². The van der Waals surface area contributed by atoms with E-state index in [4.69, 9.17) is 9.47 Å². The second kappa shape index (κ2) is 10.00. The van der Waals surface area contributed by atoms with Gasteiger partial charge >= 0.3 is 5.97 Å². The van der Waals surface area contributed by atoms with Gasteiger partial charge in [-0.05, 0) is 58.5 Å². The number of unbranched alkanes of at least 4 members (excludes halogenated alkanes) is 3. The summed E-state index contributed by atoms with van der Waals surface area (Å²) in [5.41, 5.74) is 0.526. The number of hydrogen-bond acceptors (Lipinski definition) is 3. The molecule has 4 heteroatoms. The van der Waals surface area contributed by atoms with Crippen LogP contribution in [0.5, 0.6) is 5.75 Å². The number of esters is 1. The van der Waals surface area contributed by atoms with Crippen molar-refractivity contribution in [3.63, 3.8) is 0 Å². The van der Waals surface area contributed by atoms with Gasteiger partial charge in [-0.2, -0.15) is 0 Å². The van der Waals surface area contributed by atoms with Crippen molar-refractivity contribution in [3.05, 3.63) is 39.5 Å². The molecule has 0 radical (unpaired) electrons. The summed E-state index contributed by atoms with van der Waals surface area (Å²) >= 11 is 2.25. The van der Waals surface area contributed by atoms with Gasteiger partial charge in [0.2, 0.25) is 0 Å². The Kier molecular flexibility index (Phi) is 8.00. The molecule has 0 spiro atoms. The van der Waals surface area contributed by atoms with E-state index >= 15 is 0 Å². The molecule has 0 aliphatic rings. The van der Waals surface area contributed by atoms with Crippen LogP contribution in [0.3, 0.4) is 0 Å². The van der Waals surface area contributed by atoms with Crippen molar-refractivity contribution in [1.82, 2.24) is 0 Å². The molecule has 0 unspecified atom stereocenters. The van der Waals surface area contributed by atoms with E-state index in [1.54, 1.807) is 7.11 Å². The molecule has 0 aromatic heterocycles. The number of ether oxygens (including phenoxy) is 2. The van der Waals surface area contributed by atoms with Crippen LogP contribution in [0.2, 0.25) is 0 Å². The minimum atomic E-state index is -0.299. The van der Waals surface area contributed by atoms with Crippen LogP contribution in [-0.2, 0) is 4.74 Å². The Morgan fingerprint density at radius 1 is 1.08 bits per heavy atom. The van der Waals surface area contributed by atoms with Crippen LogP contribution < -0.4 is 4.74 Å². The summed E-state index contributed by atoms with van der Waals surface area (Å²) in [4.78, 5) is 12.6. The first-order valence-electron chi connectivity index (χ1n) is 8.96. The number of hydrogen-bond donors (Lipinski definition) is 0. The Morgan fingerprint density at radius 2 is 1.80 bits per heavy atom. The Hall–Kier alpha value is -1.30. The molecule has 2 aromatic rings. The Labute approximate surface area is 164 Å². The number of carbonyl (C=O) groups excluding carboxylic acids is 1. The van der Waals surface area contributed by atoms with E-state index in [1.807, 2.05) is 30.3 Å². The van der Waals surface area contributed by atoms with Crippen LogP contribution in [0.15, 0.2) is 30.3 Å². The topological polar surface area (TPSA) is 35.5 Å². The van der Waals surface area contributed by atoms with Gasteiger partial charge in [0, 0.05) is 8.96 Å². The fourth-order valence-electron chi connectivity index (χ4n) is 2.90. The number of halogens is 1. The normalized spacial score (nSPS) is 11.1. The zero-order valence-corrected chi connectivity index (χ0v) is 17.5. The van der Waals surface area contributed by atoms with Crippen LogP contribution in [0.4, 0.5) is 0 Å². The average molecular weight is 454 g/mol. The van der Waals surface area contributed by atoms with E-state index < -0.39 is 0 Å². The van der Waals surface area contributed by atoms with Crippen LogP contribution in [0.1, 0.15) is 56.3 Å². The van der Waals surface area contributed by atoms with E-state index in [1.165, 1.54) is 19.3 Å². The molecule has 25 heavy (non-hydrogen) atoms. The maximum Gasteiger partial charge on any atom is 0.342 e. The number of carbonyl (C=O) groups is 1. The zero-order chi connectivity index (χ0) is 18.2. The average Bonchev–Trinajstić information content (AvgIpc) is 2.59. The summed E-state index contributed by atoms with van der Waals surface area (Å²) in [6.45, 7) is 4.96. The fraction of sp³-hybridized carbons (Fsp3) is 0.476. The molecule has 0 aliphatic heterocycles. The molecule has 0 aliphatic carbocycles. The maximum atomic E-state index is 12.6. The van der Waals surface area contributed by atoms with Gasteiger partial charge in [0.1, 0.15) is 11.3 Å². The van der Waals surface area contributed by atoms with E-state index in [0.29, 0.717) is 17.9 Å². The summed E-state index contributed by atoms with van der Waals surface area (Å²) in [7, 11) is 1.58. The van der Waals surface area contributed by atoms with Gasteiger partial charge in [-0.15, -0.1) is 0 Å². The lowest BCUT2D eigenvalue weighted by Gasteiger charge is -2.12. The van der Waals surface area contributed by atoms with E-state index in [9.17, 15) is 4.79 Å². The molecule has 2 rings (SSSR count). The third kappa shape index (κ3) is 5.87. The zero-order valence-electron chi connectivity index (χ0n) is 15.3. The Bertz CT molecular complexity index is 710. The summed E-state index contributed by atoms with van der Waals surface area (Å²) in [6, 6.07) is 9.85. The molecular weight excluding hydrogens is 427 g/mol. The summed E-state index contributed by atoms with van der Waals surface area (Å²) in [5.74, 6) is 1.03. The summed E-state index contributed by atoms with van der Waals surface area (Å²) in [5, 5.41) is 1.90. The Balaban J connectivity index is 1.98. The molecule has 0 fully saturated rings. The third-order valence-electron chi connectivity index (χ3n) is 4.28. The molecule has 0 heterocycles. The van der Waals surface area contributed by atoms with Crippen LogP contribution in [-0.4, -0.2) is 19.7 Å². The SMILES string of the molecule is COc1ccc2ccc(I)cc2c1C(=O)OCCCCCCC(C)C. The van der Waals surface area contributed by atoms with Crippen LogP contribution >= 0.6 is 22.6 Å².